The molecule has 3 rings (SSSR count). The second-order valence-electron chi connectivity index (χ2n) is 8.76. The minimum atomic E-state index is -3.85. The van der Waals surface area contributed by atoms with Gasteiger partial charge in [0.1, 0.15) is 5.82 Å². The van der Waals surface area contributed by atoms with E-state index in [1.165, 1.54) is 33.7 Å². The molecule has 0 aliphatic rings. The van der Waals surface area contributed by atoms with Crippen molar-refractivity contribution in [1.82, 2.24) is 23.0 Å². The highest BCUT2D eigenvalue weighted by Crippen LogP contribution is 2.35. The molecule has 1 aromatic carbocycles. The van der Waals surface area contributed by atoms with E-state index in [1.807, 2.05) is 13.8 Å². The maximum Gasteiger partial charge on any atom is 0.332 e. The Morgan fingerprint density at radius 2 is 1.50 bits per heavy atom. The van der Waals surface area contributed by atoms with Crippen LogP contribution in [0.25, 0.3) is 23.3 Å². The summed E-state index contributed by atoms with van der Waals surface area (Å²) in [6.07, 6.45) is 4.58. The first kappa shape index (κ1) is 29.2. The van der Waals surface area contributed by atoms with Gasteiger partial charge in [-0.05, 0) is 36.6 Å². The van der Waals surface area contributed by atoms with Gasteiger partial charge in [0.15, 0.2) is 22.7 Å². The summed E-state index contributed by atoms with van der Waals surface area (Å²) in [5, 5.41) is 0. The smallest absolute Gasteiger partial charge is 0.332 e. The Hall–Kier alpha value is -3.38. The Kier molecular flexibility index (Phi) is 9.21. The van der Waals surface area contributed by atoms with Crippen molar-refractivity contribution in [3.8, 4) is 11.5 Å². The van der Waals surface area contributed by atoms with Crippen LogP contribution >= 0.6 is 0 Å². The summed E-state index contributed by atoms with van der Waals surface area (Å²) in [6.45, 7) is 8.75. The Morgan fingerprint density at radius 3 is 2.05 bits per heavy atom. The van der Waals surface area contributed by atoms with E-state index >= 15 is 0 Å². The van der Waals surface area contributed by atoms with Crippen molar-refractivity contribution in [2.45, 2.75) is 58.5 Å². The molecular formula is C26H37N5O6S. The molecule has 0 amide bonds. The van der Waals surface area contributed by atoms with Gasteiger partial charge < -0.3 is 14.0 Å². The van der Waals surface area contributed by atoms with Crippen molar-refractivity contribution < 1.29 is 17.9 Å². The lowest BCUT2D eigenvalue weighted by Gasteiger charge is -2.21. The van der Waals surface area contributed by atoms with Gasteiger partial charge >= 0.3 is 5.69 Å². The third-order valence-corrected chi connectivity index (χ3v) is 8.53. The van der Waals surface area contributed by atoms with Crippen LogP contribution in [0.1, 0.15) is 51.9 Å². The van der Waals surface area contributed by atoms with E-state index in [4.69, 9.17) is 9.47 Å². The number of rotatable bonds is 12. The van der Waals surface area contributed by atoms with Crippen LogP contribution < -0.4 is 20.7 Å². The molecule has 2 aromatic heterocycles. The first-order valence-corrected chi connectivity index (χ1v) is 14.2. The van der Waals surface area contributed by atoms with Crippen LogP contribution in [-0.2, 0) is 30.2 Å². The number of nitrogens with zero attached hydrogens (tertiary/aromatic N) is 5. The lowest BCUT2D eigenvalue weighted by Crippen LogP contribution is -2.40. The first-order chi connectivity index (χ1) is 18.1. The fraction of sp³-hybridized carbons (Fsp3) is 0.500. The first-order valence-electron chi connectivity index (χ1n) is 12.7. The van der Waals surface area contributed by atoms with Crippen molar-refractivity contribution in [2.24, 2.45) is 7.05 Å². The van der Waals surface area contributed by atoms with Crippen LogP contribution in [0.15, 0.2) is 26.6 Å². The standard InChI is InChI=1S/C26H37N5O6S/c1-8-14-30-24-23(25(32)31(15-9-2)26(30)33)28(5)22(27-24)13-12-18-16-19(36-6)20(37-7)17-21(18)38(34,35)29(10-3)11-4/h12-13,16-17H,8-11,14-15H2,1-7H3/b13-12+. The number of ether oxygens (including phenoxy) is 2. The number of methoxy groups -OCH3 is 2. The quantitative estimate of drug-likeness (QED) is 0.342. The zero-order valence-electron chi connectivity index (χ0n) is 23.1. The molecular weight excluding hydrogens is 510 g/mol. The molecule has 38 heavy (non-hydrogen) atoms. The summed E-state index contributed by atoms with van der Waals surface area (Å²) in [7, 11) is 0.780. The number of benzene rings is 1. The normalized spacial score (nSPS) is 12.2. The largest absolute Gasteiger partial charge is 0.493 e. The monoisotopic (exact) mass is 547 g/mol. The summed E-state index contributed by atoms with van der Waals surface area (Å²) >= 11 is 0. The number of sulfonamides is 1. The molecule has 208 valence electrons. The lowest BCUT2D eigenvalue weighted by molar-refractivity contribution is 0.353. The number of hydrogen-bond donors (Lipinski definition) is 0. The molecule has 3 aromatic rings. The number of imidazole rings is 1. The molecule has 0 atom stereocenters. The minimum Gasteiger partial charge on any atom is -0.493 e. The molecule has 0 unspecified atom stereocenters. The van der Waals surface area contributed by atoms with Gasteiger partial charge in [0, 0.05) is 39.3 Å². The SMILES string of the molecule is CCCn1c(=O)c2c(nc(/C=C/c3cc(OC)c(OC)cc3S(=O)(=O)N(CC)CC)n2C)n(CCC)c1=O. The fourth-order valence-corrected chi connectivity index (χ4v) is 6.11. The van der Waals surface area contributed by atoms with Crippen LogP contribution in [-0.4, -0.2) is 58.7 Å². The Labute approximate surface area is 223 Å². The molecule has 0 N–H and O–H groups in total. The highest BCUT2D eigenvalue weighted by atomic mass is 32.2. The van der Waals surface area contributed by atoms with Gasteiger partial charge in [-0.25, -0.2) is 18.2 Å². The highest BCUT2D eigenvalue weighted by Gasteiger charge is 2.26. The topological polar surface area (TPSA) is 118 Å². The van der Waals surface area contributed by atoms with Gasteiger partial charge in [-0.1, -0.05) is 27.7 Å². The Bertz CT molecular complexity index is 1560. The van der Waals surface area contributed by atoms with Gasteiger partial charge in [0.2, 0.25) is 10.0 Å². The zero-order chi connectivity index (χ0) is 28.2. The van der Waals surface area contributed by atoms with Crippen molar-refractivity contribution in [2.75, 3.05) is 27.3 Å². The molecule has 0 radical (unpaired) electrons. The lowest BCUT2D eigenvalue weighted by atomic mass is 10.2. The van der Waals surface area contributed by atoms with Crippen LogP contribution in [0.3, 0.4) is 0 Å². The molecule has 0 saturated carbocycles. The van der Waals surface area contributed by atoms with Crippen molar-refractivity contribution >= 4 is 33.3 Å². The second kappa shape index (κ2) is 12.0. The third-order valence-electron chi connectivity index (χ3n) is 6.42. The van der Waals surface area contributed by atoms with E-state index in [0.717, 1.165) is 0 Å². The van der Waals surface area contributed by atoms with Gasteiger partial charge in [-0.2, -0.15) is 4.31 Å². The molecule has 0 aliphatic heterocycles. The van der Waals surface area contributed by atoms with E-state index < -0.39 is 15.6 Å². The number of aromatic nitrogens is 4. The van der Waals surface area contributed by atoms with Gasteiger partial charge in [-0.15, -0.1) is 0 Å². The van der Waals surface area contributed by atoms with Crippen molar-refractivity contribution in [3.05, 3.63) is 44.4 Å². The summed E-state index contributed by atoms with van der Waals surface area (Å²) in [5.74, 6) is 1.06. The number of fused-ring (bicyclic) bond motifs is 1. The molecule has 0 spiro atoms. The molecule has 2 heterocycles. The van der Waals surface area contributed by atoms with Crippen molar-refractivity contribution in [3.63, 3.8) is 0 Å². The van der Waals surface area contributed by atoms with E-state index in [2.05, 4.69) is 4.98 Å². The Morgan fingerprint density at radius 1 is 0.921 bits per heavy atom. The fourth-order valence-electron chi connectivity index (χ4n) is 4.47. The molecule has 11 nitrogen and oxygen atoms in total. The summed E-state index contributed by atoms with van der Waals surface area (Å²) in [5.41, 5.74) is 0.210. The van der Waals surface area contributed by atoms with Gasteiger partial charge in [-0.3, -0.25) is 13.9 Å². The maximum absolute atomic E-state index is 13.5. The van der Waals surface area contributed by atoms with E-state index in [0.29, 0.717) is 67.3 Å². The molecule has 12 heteroatoms. The zero-order valence-corrected chi connectivity index (χ0v) is 24.0. The molecule has 0 saturated heterocycles. The van der Waals surface area contributed by atoms with Crippen LogP contribution in [0.2, 0.25) is 0 Å². The van der Waals surface area contributed by atoms with Crippen LogP contribution in [0.4, 0.5) is 0 Å². The molecule has 0 aliphatic carbocycles. The van der Waals surface area contributed by atoms with Crippen molar-refractivity contribution in [1.29, 1.82) is 0 Å². The molecule has 0 bridgehead atoms. The van der Waals surface area contributed by atoms with Crippen LogP contribution in [0.5, 0.6) is 11.5 Å². The minimum absolute atomic E-state index is 0.0575. The van der Waals surface area contributed by atoms with Gasteiger partial charge in [0.25, 0.3) is 5.56 Å². The molecule has 0 fully saturated rings. The summed E-state index contributed by atoms with van der Waals surface area (Å²) in [4.78, 5) is 31.0. The summed E-state index contributed by atoms with van der Waals surface area (Å²) < 4.78 is 43.5. The van der Waals surface area contributed by atoms with Crippen LogP contribution in [0, 0.1) is 0 Å². The highest BCUT2D eigenvalue weighted by molar-refractivity contribution is 7.89. The van der Waals surface area contributed by atoms with E-state index in [9.17, 15) is 18.0 Å². The van der Waals surface area contributed by atoms with E-state index in [1.54, 1.807) is 43.7 Å². The number of hydrogen-bond acceptors (Lipinski definition) is 7. The predicted molar refractivity (Wildman–Crippen MR) is 148 cm³/mol. The predicted octanol–water partition coefficient (Wildman–Crippen LogP) is 2.93. The Balaban J connectivity index is 2.28. The third kappa shape index (κ3) is 5.14. The van der Waals surface area contributed by atoms with E-state index in [-0.39, 0.29) is 16.3 Å². The average molecular weight is 548 g/mol. The van der Waals surface area contributed by atoms with Gasteiger partial charge in [0.05, 0.1) is 19.1 Å². The maximum atomic E-state index is 13.5. The summed E-state index contributed by atoms with van der Waals surface area (Å²) in [6, 6.07) is 3.04. The number of aryl methyl sites for hydroxylation is 2. The average Bonchev–Trinajstić information content (AvgIpc) is 3.23. The second-order valence-corrected chi connectivity index (χ2v) is 10.7.